The lowest BCUT2D eigenvalue weighted by molar-refractivity contribution is 0.0625. The van der Waals surface area contributed by atoms with E-state index in [0.717, 1.165) is 56.4 Å². The van der Waals surface area contributed by atoms with Crippen molar-refractivity contribution in [2.75, 3.05) is 25.0 Å². The average Bonchev–Trinajstić information content (AvgIpc) is 3.45. The van der Waals surface area contributed by atoms with E-state index in [1.807, 2.05) is 6.07 Å². The van der Waals surface area contributed by atoms with Crippen LogP contribution in [0.1, 0.15) is 59.4 Å². The first kappa shape index (κ1) is 23.6. The smallest absolute Gasteiger partial charge is 0.259 e. The number of nitrogens with zero attached hydrogens (tertiary/aromatic N) is 5. The fourth-order valence-corrected chi connectivity index (χ4v) is 5.34. The van der Waals surface area contributed by atoms with Crippen molar-refractivity contribution >= 4 is 11.6 Å². The van der Waals surface area contributed by atoms with Crippen LogP contribution in [0.3, 0.4) is 0 Å². The molecule has 0 radical (unpaired) electrons. The van der Waals surface area contributed by atoms with Crippen molar-refractivity contribution in [2.24, 2.45) is 0 Å². The Hall–Kier alpha value is -3.17. The molecule has 5 rings (SSSR count). The number of anilines is 1. The maximum Gasteiger partial charge on any atom is 0.259 e. The summed E-state index contributed by atoms with van der Waals surface area (Å²) in [5, 5.41) is 7.19. The Balaban J connectivity index is 1.23. The van der Waals surface area contributed by atoms with E-state index >= 15 is 0 Å². The number of hydrogen-bond acceptors (Lipinski definition) is 6. The summed E-state index contributed by atoms with van der Waals surface area (Å²) < 4.78 is 20.5. The van der Waals surface area contributed by atoms with Gasteiger partial charge in [-0.05, 0) is 76.9 Å². The van der Waals surface area contributed by atoms with E-state index in [1.165, 1.54) is 23.0 Å². The second-order valence-electron chi connectivity index (χ2n) is 9.51. The van der Waals surface area contributed by atoms with Gasteiger partial charge < -0.3 is 10.1 Å². The van der Waals surface area contributed by atoms with Gasteiger partial charge in [0.25, 0.3) is 5.91 Å². The average molecular weight is 479 g/mol. The highest BCUT2D eigenvalue weighted by Crippen LogP contribution is 2.32. The standard InChI is InChI=1S/C26H31FN6O2/c1-16-12-21(14-29-25(16)19-6-9-32(10-7-19)23-8-11-35-18(23)3)31-26(34)22-15-30-33(17(22)2)24-5-4-20(27)13-28-24/h4-5,12-15,18-19,23H,6-11H2,1-3H3,(H,31,34). The molecule has 2 atom stereocenters. The highest BCUT2D eigenvalue weighted by atomic mass is 19.1. The number of amides is 1. The van der Waals surface area contributed by atoms with Crippen LogP contribution >= 0.6 is 0 Å². The topological polar surface area (TPSA) is 85.2 Å². The number of hydrogen-bond donors (Lipinski definition) is 1. The molecule has 3 aromatic heterocycles. The Morgan fingerprint density at radius 2 is 1.91 bits per heavy atom. The van der Waals surface area contributed by atoms with Gasteiger partial charge in [0.15, 0.2) is 5.82 Å². The van der Waals surface area contributed by atoms with E-state index in [0.29, 0.717) is 40.8 Å². The van der Waals surface area contributed by atoms with Crippen molar-refractivity contribution in [3.8, 4) is 5.82 Å². The molecule has 35 heavy (non-hydrogen) atoms. The predicted molar refractivity (Wildman–Crippen MR) is 130 cm³/mol. The Morgan fingerprint density at radius 3 is 2.57 bits per heavy atom. The SMILES string of the molecule is Cc1cc(NC(=O)c2cnn(-c3ccc(F)cn3)c2C)cnc1C1CCN(C2CCOC2C)CC1. The lowest BCUT2D eigenvalue weighted by atomic mass is 9.89. The maximum atomic E-state index is 13.2. The summed E-state index contributed by atoms with van der Waals surface area (Å²) in [6.45, 7) is 9.01. The number of pyridine rings is 2. The summed E-state index contributed by atoms with van der Waals surface area (Å²) in [5.41, 5.74) is 3.90. The molecular weight excluding hydrogens is 447 g/mol. The number of carbonyl (C=O) groups excluding carboxylic acids is 1. The third-order valence-corrected chi connectivity index (χ3v) is 7.28. The van der Waals surface area contributed by atoms with Crippen molar-refractivity contribution in [2.45, 2.75) is 58.1 Å². The van der Waals surface area contributed by atoms with E-state index in [-0.39, 0.29) is 5.91 Å². The van der Waals surface area contributed by atoms with Crippen molar-refractivity contribution in [3.63, 3.8) is 0 Å². The lowest BCUT2D eigenvalue weighted by Gasteiger charge is -2.37. The number of halogens is 1. The first-order chi connectivity index (χ1) is 16.9. The third kappa shape index (κ3) is 4.83. The molecule has 2 aliphatic heterocycles. The van der Waals surface area contributed by atoms with Gasteiger partial charge >= 0.3 is 0 Å². The predicted octanol–water partition coefficient (Wildman–Crippen LogP) is 4.03. The third-order valence-electron chi connectivity index (χ3n) is 7.28. The summed E-state index contributed by atoms with van der Waals surface area (Å²) in [7, 11) is 0. The summed E-state index contributed by atoms with van der Waals surface area (Å²) in [5.74, 6) is 0.181. The van der Waals surface area contributed by atoms with Crippen LogP contribution in [0.2, 0.25) is 0 Å². The number of ether oxygens (including phenoxy) is 1. The van der Waals surface area contributed by atoms with Gasteiger partial charge in [-0.25, -0.2) is 14.1 Å². The lowest BCUT2D eigenvalue weighted by Crippen LogP contribution is -2.44. The molecule has 0 spiro atoms. The van der Waals surface area contributed by atoms with Crippen LogP contribution in [0.4, 0.5) is 10.1 Å². The first-order valence-corrected chi connectivity index (χ1v) is 12.2. The van der Waals surface area contributed by atoms with Gasteiger partial charge in [-0.2, -0.15) is 5.10 Å². The zero-order chi connectivity index (χ0) is 24.5. The van der Waals surface area contributed by atoms with Gasteiger partial charge in [0.2, 0.25) is 0 Å². The van der Waals surface area contributed by atoms with E-state index < -0.39 is 5.82 Å². The molecule has 0 bridgehead atoms. The highest BCUT2D eigenvalue weighted by molar-refractivity contribution is 6.04. The second-order valence-corrected chi connectivity index (χ2v) is 9.51. The van der Waals surface area contributed by atoms with Gasteiger partial charge in [-0.15, -0.1) is 0 Å². The van der Waals surface area contributed by atoms with Crippen molar-refractivity contribution < 1.29 is 13.9 Å². The molecule has 2 aliphatic rings. The molecule has 5 heterocycles. The maximum absolute atomic E-state index is 13.2. The molecule has 1 N–H and O–H groups in total. The van der Waals surface area contributed by atoms with Crippen LogP contribution in [0.25, 0.3) is 5.82 Å². The van der Waals surface area contributed by atoms with E-state index in [9.17, 15) is 9.18 Å². The van der Waals surface area contributed by atoms with Crippen molar-refractivity contribution in [1.82, 2.24) is 24.6 Å². The van der Waals surface area contributed by atoms with Gasteiger partial charge in [-0.1, -0.05) is 0 Å². The first-order valence-electron chi connectivity index (χ1n) is 12.2. The highest BCUT2D eigenvalue weighted by Gasteiger charge is 2.33. The van der Waals surface area contributed by atoms with Crippen molar-refractivity contribution in [3.05, 3.63) is 65.1 Å². The zero-order valence-corrected chi connectivity index (χ0v) is 20.4. The number of carbonyl (C=O) groups is 1. The van der Waals surface area contributed by atoms with E-state index in [1.54, 1.807) is 13.1 Å². The quantitative estimate of drug-likeness (QED) is 0.596. The zero-order valence-electron chi connectivity index (χ0n) is 20.4. The number of rotatable bonds is 5. The molecule has 2 fully saturated rings. The monoisotopic (exact) mass is 478 g/mol. The van der Waals surface area contributed by atoms with Gasteiger partial charge in [0, 0.05) is 24.3 Å². The molecule has 184 valence electrons. The minimum absolute atomic E-state index is 0.272. The van der Waals surface area contributed by atoms with Crippen molar-refractivity contribution in [1.29, 1.82) is 0 Å². The van der Waals surface area contributed by atoms with Crippen LogP contribution in [0.15, 0.2) is 36.8 Å². The van der Waals surface area contributed by atoms with E-state index in [4.69, 9.17) is 9.72 Å². The van der Waals surface area contributed by atoms with Crippen LogP contribution in [-0.2, 0) is 4.74 Å². The molecule has 0 saturated carbocycles. The number of aryl methyl sites for hydroxylation is 1. The Labute approximate surface area is 204 Å². The summed E-state index contributed by atoms with van der Waals surface area (Å²) in [6, 6.07) is 5.36. The normalized spacial score (nSPS) is 21.4. The van der Waals surface area contributed by atoms with Gasteiger partial charge in [0.05, 0.1) is 41.6 Å². The molecular formula is C26H31FN6O2. The number of likely N-dealkylation sites (tertiary alicyclic amines) is 1. The van der Waals surface area contributed by atoms with Crippen LogP contribution in [0.5, 0.6) is 0 Å². The van der Waals surface area contributed by atoms with Crippen LogP contribution < -0.4 is 5.32 Å². The Morgan fingerprint density at radius 1 is 1.11 bits per heavy atom. The van der Waals surface area contributed by atoms with Gasteiger partial charge in [-0.3, -0.25) is 14.7 Å². The molecule has 0 aromatic carbocycles. The molecule has 8 nitrogen and oxygen atoms in total. The number of piperidine rings is 1. The summed E-state index contributed by atoms with van der Waals surface area (Å²) >= 11 is 0. The Kier molecular flexibility index (Phi) is 6.62. The number of aromatic nitrogens is 4. The minimum atomic E-state index is -0.425. The van der Waals surface area contributed by atoms with E-state index in [2.05, 4.69) is 34.1 Å². The van der Waals surface area contributed by atoms with Crippen LogP contribution in [0, 0.1) is 19.7 Å². The number of nitrogens with one attached hydrogen (secondary N) is 1. The molecule has 2 saturated heterocycles. The van der Waals surface area contributed by atoms with Gasteiger partial charge in [0.1, 0.15) is 5.82 Å². The molecule has 2 unspecified atom stereocenters. The molecule has 1 amide bonds. The molecule has 0 aliphatic carbocycles. The summed E-state index contributed by atoms with van der Waals surface area (Å²) in [4.78, 5) is 24.3. The van der Waals surface area contributed by atoms with Crippen LogP contribution in [-0.4, -0.2) is 62.4 Å². The Bertz CT molecular complexity index is 1200. The minimum Gasteiger partial charge on any atom is -0.377 e. The fourth-order valence-electron chi connectivity index (χ4n) is 5.34. The second kappa shape index (κ2) is 9.83. The molecule has 9 heteroatoms. The molecule has 3 aromatic rings. The fraction of sp³-hybridized carbons (Fsp3) is 0.462. The summed E-state index contributed by atoms with van der Waals surface area (Å²) in [6.07, 6.45) is 7.96. The largest absolute Gasteiger partial charge is 0.377 e.